The summed E-state index contributed by atoms with van der Waals surface area (Å²) in [6.07, 6.45) is 3.40. The van der Waals surface area contributed by atoms with Crippen LogP contribution in [0.4, 0.5) is 0 Å². The molecule has 0 aromatic heterocycles. The van der Waals surface area contributed by atoms with Crippen LogP contribution in [0.15, 0.2) is 0 Å². The first-order valence-corrected chi connectivity index (χ1v) is 7.32. The first-order chi connectivity index (χ1) is 8.40. The summed E-state index contributed by atoms with van der Waals surface area (Å²) < 4.78 is 0. The summed E-state index contributed by atoms with van der Waals surface area (Å²) >= 11 is 0. The third-order valence-electron chi connectivity index (χ3n) is 4.16. The van der Waals surface area contributed by atoms with Crippen molar-refractivity contribution in [2.24, 2.45) is 17.3 Å². The van der Waals surface area contributed by atoms with Gasteiger partial charge in [-0.05, 0) is 43.2 Å². The Morgan fingerprint density at radius 2 is 1.78 bits per heavy atom. The number of hydrogen-bond donors (Lipinski definition) is 1. The van der Waals surface area contributed by atoms with E-state index >= 15 is 0 Å². The Bertz CT molecular complexity index is 257. The molecule has 0 bridgehead atoms. The van der Waals surface area contributed by atoms with Crippen molar-refractivity contribution in [3.05, 3.63) is 0 Å². The second-order valence-corrected chi connectivity index (χ2v) is 6.79. The largest absolute Gasteiger partial charge is 0.341 e. The van der Waals surface area contributed by atoms with Gasteiger partial charge in [0.1, 0.15) is 0 Å². The standard InChI is InChI=1S/C15H30N2O/c1-12(2)10-17(11-18)14(13(3)4)15(5)6-8-16-9-7-15/h11-14,16H,6-10H2,1-5H3. The second-order valence-electron chi connectivity index (χ2n) is 6.79. The Morgan fingerprint density at radius 1 is 1.22 bits per heavy atom. The molecule has 1 saturated heterocycles. The van der Waals surface area contributed by atoms with Gasteiger partial charge in [0.15, 0.2) is 0 Å². The number of nitrogens with zero attached hydrogens (tertiary/aromatic N) is 1. The number of piperidine rings is 1. The zero-order valence-electron chi connectivity index (χ0n) is 12.7. The van der Waals surface area contributed by atoms with Gasteiger partial charge in [-0.15, -0.1) is 0 Å². The monoisotopic (exact) mass is 254 g/mol. The highest BCUT2D eigenvalue weighted by Gasteiger charge is 2.40. The molecule has 1 rings (SSSR count). The first-order valence-electron chi connectivity index (χ1n) is 7.32. The Hall–Kier alpha value is -0.570. The summed E-state index contributed by atoms with van der Waals surface area (Å²) in [6.45, 7) is 14.2. The van der Waals surface area contributed by atoms with Crippen LogP contribution in [0.2, 0.25) is 0 Å². The van der Waals surface area contributed by atoms with Crippen molar-refractivity contribution in [3.63, 3.8) is 0 Å². The van der Waals surface area contributed by atoms with E-state index in [0.29, 0.717) is 17.9 Å². The smallest absolute Gasteiger partial charge is 0.209 e. The maximum absolute atomic E-state index is 11.5. The van der Waals surface area contributed by atoms with Crippen LogP contribution in [0, 0.1) is 17.3 Å². The fraction of sp³-hybridized carbons (Fsp3) is 0.933. The zero-order chi connectivity index (χ0) is 13.8. The van der Waals surface area contributed by atoms with Crippen LogP contribution in [-0.4, -0.2) is 37.0 Å². The molecule has 1 N–H and O–H groups in total. The Labute approximate surface area is 112 Å². The van der Waals surface area contributed by atoms with E-state index in [4.69, 9.17) is 0 Å². The second kappa shape index (κ2) is 6.55. The van der Waals surface area contributed by atoms with Gasteiger partial charge in [0.25, 0.3) is 0 Å². The minimum Gasteiger partial charge on any atom is -0.341 e. The van der Waals surface area contributed by atoms with Crippen LogP contribution >= 0.6 is 0 Å². The van der Waals surface area contributed by atoms with Crippen molar-refractivity contribution in [2.75, 3.05) is 19.6 Å². The van der Waals surface area contributed by atoms with E-state index in [0.717, 1.165) is 38.9 Å². The van der Waals surface area contributed by atoms with Gasteiger partial charge in [-0.1, -0.05) is 34.6 Å². The highest BCUT2D eigenvalue weighted by atomic mass is 16.1. The Kier molecular flexibility index (Phi) is 5.64. The quantitative estimate of drug-likeness (QED) is 0.739. The summed E-state index contributed by atoms with van der Waals surface area (Å²) in [7, 11) is 0. The first kappa shape index (κ1) is 15.5. The van der Waals surface area contributed by atoms with Crippen molar-refractivity contribution in [3.8, 4) is 0 Å². The lowest BCUT2D eigenvalue weighted by Gasteiger charge is -2.47. The molecule has 18 heavy (non-hydrogen) atoms. The SMILES string of the molecule is CC(C)CN(C=O)C(C(C)C)C1(C)CCNCC1. The normalized spacial score (nSPS) is 21.1. The molecular formula is C15H30N2O. The van der Waals surface area contributed by atoms with Crippen molar-refractivity contribution < 1.29 is 4.79 Å². The van der Waals surface area contributed by atoms with Gasteiger partial charge in [-0.25, -0.2) is 0 Å². The van der Waals surface area contributed by atoms with Gasteiger partial charge in [-0.3, -0.25) is 4.79 Å². The molecule has 0 saturated carbocycles. The molecule has 106 valence electrons. The molecule has 3 heteroatoms. The lowest BCUT2D eigenvalue weighted by molar-refractivity contribution is -0.126. The van der Waals surface area contributed by atoms with E-state index in [1.807, 2.05) is 0 Å². The lowest BCUT2D eigenvalue weighted by atomic mass is 9.70. The maximum atomic E-state index is 11.5. The molecule has 1 aliphatic heterocycles. The van der Waals surface area contributed by atoms with Gasteiger partial charge in [0.2, 0.25) is 6.41 Å². The number of carbonyl (C=O) groups excluding carboxylic acids is 1. The topological polar surface area (TPSA) is 32.3 Å². The molecule has 0 aromatic rings. The average Bonchev–Trinajstić information content (AvgIpc) is 2.27. The lowest BCUT2D eigenvalue weighted by Crippen LogP contribution is -2.53. The molecule has 3 nitrogen and oxygen atoms in total. The van der Waals surface area contributed by atoms with Gasteiger partial charge in [0.05, 0.1) is 0 Å². The Morgan fingerprint density at radius 3 is 2.17 bits per heavy atom. The molecule has 1 unspecified atom stereocenters. The van der Waals surface area contributed by atoms with Crippen molar-refractivity contribution in [1.82, 2.24) is 10.2 Å². The number of rotatable bonds is 6. The maximum Gasteiger partial charge on any atom is 0.209 e. The molecule has 1 fully saturated rings. The molecular weight excluding hydrogens is 224 g/mol. The molecule has 0 spiro atoms. The van der Waals surface area contributed by atoms with E-state index < -0.39 is 0 Å². The summed E-state index contributed by atoms with van der Waals surface area (Å²) in [5, 5.41) is 3.42. The van der Waals surface area contributed by atoms with E-state index in [2.05, 4.69) is 44.8 Å². The van der Waals surface area contributed by atoms with Crippen molar-refractivity contribution in [2.45, 2.75) is 53.5 Å². The van der Waals surface area contributed by atoms with Gasteiger partial charge in [-0.2, -0.15) is 0 Å². The molecule has 0 aliphatic carbocycles. The van der Waals surface area contributed by atoms with Crippen LogP contribution in [0.25, 0.3) is 0 Å². The third kappa shape index (κ3) is 3.71. The summed E-state index contributed by atoms with van der Waals surface area (Å²) in [5.41, 5.74) is 0.259. The van der Waals surface area contributed by atoms with Crippen molar-refractivity contribution in [1.29, 1.82) is 0 Å². The minimum absolute atomic E-state index is 0.259. The van der Waals surface area contributed by atoms with E-state index in [9.17, 15) is 4.79 Å². The summed E-state index contributed by atoms with van der Waals surface area (Å²) in [4.78, 5) is 13.5. The Balaban J connectivity index is 2.88. The molecule has 1 aliphatic rings. The predicted octanol–water partition coefficient (Wildman–Crippen LogP) is 2.52. The number of hydrogen-bond acceptors (Lipinski definition) is 2. The van der Waals surface area contributed by atoms with E-state index in [-0.39, 0.29) is 5.41 Å². The predicted molar refractivity (Wildman–Crippen MR) is 76.4 cm³/mol. The number of carbonyl (C=O) groups is 1. The van der Waals surface area contributed by atoms with Crippen LogP contribution in [0.5, 0.6) is 0 Å². The van der Waals surface area contributed by atoms with Crippen LogP contribution in [0.3, 0.4) is 0 Å². The van der Waals surface area contributed by atoms with E-state index in [1.54, 1.807) is 0 Å². The molecule has 1 amide bonds. The minimum atomic E-state index is 0.259. The van der Waals surface area contributed by atoms with Crippen molar-refractivity contribution >= 4 is 6.41 Å². The van der Waals surface area contributed by atoms with Gasteiger partial charge in [0, 0.05) is 12.6 Å². The summed E-state index contributed by atoms with van der Waals surface area (Å²) in [6, 6.07) is 0.361. The molecule has 0 aromatic carbocycles. The third-order valence-corrected chi connectivity index (χ3v) is 4.16. The van der Waals surface area contributed by atoms with Gasteiger partial charge >= 0.3 is 0 Å². The highest BCUT2D eigenvalue weighted by Crippen LogP contribution is 2.38. The van der Waals surface area contributed by atoms with Crippen LogP contribution in [0.1, 0.15) is 47.5 Å². The molecule has 0 radical (unpaired) electrons. The number of nitrogens with one attached hydrogen (secondary N) is 1. The summed E-state index contributed by atoms with van der Waals surface area (Å²) in [5.74, 6) is 1.04. The van der Waals surface area contributed by atoms with Crippen LogP contribution < -0.4 is 5.32 Å². The van der Waals surface area contributed by atoms with E-state index in [1.165, 1.54) is 0 Å². The van der Waals surface area contributed by atoms with Crippen LogP contribution in [-0.2, 0) is 4.79 Å². The highest BCUT2D eigenvalue weighted by molar-refractivity contribution is 5.48. The fourth-order valence-corrected chi connectivity index (χ4v) is 3.53. The molecule has 1 heterocycles. The zero-order valence-corrected chi connectivity index (χ0v) is 12.7. The fourth-order valence-electron chi connectivity index (χ4n) is 3.53. The average molecular weight is 254 g/mol. The van der Waals surface area contributed by atoms with Gasteiger partial charge < -0.3 is 10.2 Å². The molecule has 1 atom stereocenters. The number of amides is 1.